The highest BCUT2D eigenvalue weighted by Crippen LogP contribution is 2.24. The van der Waals surface area contributed by atoms with Crippen molar-refractivity contribution in [2.45, 2.75) is 52.1 Å². The molecule has 0 bridgehead atoms. The number of ether oxygens (including phenoxy) is 1. The summed E-state index contributed by atoms with van der Waals surface area (Å²) in [6, 6.07) is 12.9. The number of carbonyl (C=O) groups is 2. The van der Waals surface area contributed by atoms with Crippen molar-refractivity contribution < 1.29 is 18.7 Å². The Labute approximate surface area is 178 Å². The van der Waals surface area contributed by atoms with Crippen LogP contribution in [0.2, 0.25) is 0 Å². The van der Waals surface area contributed by atoms with Gasteiger partial charge in [0.2, 0.25) is 5.91 Å². The molecule has 0 heterocycles. The second kappa shape index (κ2) is 10.2. The molecule has 6 heteroatoms. The molecule has 2 rings (SSSR count). The van der Waals surface area contributed by atoms with E-state index in [0.29, 0.717) is 12.2 Å². The summed E-state index contributed by atoms with van der Waals surface area (Å²) in [4.78, 5) is 26.8. The molecule has 0 saturated heterocycles. The minimum Gasteiger partial charge on any atom is -0.484 e. The lowest BCUT2D eigenvalue weighted by molar-refractivity contribution is -0.142. The highest BCUT2D eigenvalue weighted by molar-refractivity contribution is 5.88. The summed E-state index contributed by atoms with van der Waals surface area (Å²) < 4.78 is 18.9. The molecule has 2 amide bonds. The molecule has 162 valence electrons. The highest BCUT2D eigenvalue weighted by atomic mass is 19.1. The molecule has 2 aromatic carbocycles. The Balaban J connectivity index is 2.14. The number of nitrogens with one attached hydrogen (secondary N) is 1. The Morgan fingerprint density at radius 3 is 2.17 bits per heavy atom. The van der Waals surface area contributed by atoms with Crippen LogP contribution < -0.4 is 10.1 Å². The summed E-state index contributed by atoms with van der Waals surface area (Å²) >= 11 is 0. The zero-order valence-corrected chi connectivity index (χ0v) is 18.4. The molecule has 0 aliphatic heterocycles. The zero-order valence-electron chi connectivity index (χ0n) is 18.4. The fraction of sp³-hybridized carbons (Fsp3) is 0.417. The number of likely N-dealkylation sites (N-methyl/N-ethyl adjacent to an activating group) is 1. The maximum atomic E-state index is 13.2. The summed E-state index contributed by atoms with van der Waals surface area (Å²) in [5.41, 5.74) is 1.94. The van der Waals surface area contributed by atoms with Gasteiger partial charge in [-0.25, -0.2) is 4.39 Å². The third-order valence-electron chi connectivity index (χ3n) is 4.98. The van der Waals surface area contributed by atoms with E-state index >= 15 is 0 Å². The maximum Gasteiger partial charge on any atom is 0.261 e. The van der Waals surface area contributed by atoms with Crippen LogP contribution in [-0.2, 0) is 21.5 Å². The van der Waals surface area contributed by atoms with Gasteiger partial charge in [-0.2, -0.15) is 0 Å². The predicted octanol–water partition coefficient (Wildman–Crippen LogP) is 4.06. The Hall–Kier alpha value is -2.89. The largest absolute Gasteiger partial charge is 0.484 e. The van der Waals surface area contributed by atoms with E-state index in [4.69, 9.17) is 4.74 Å². The summed E-state index contributed by atoms with van der Waals surface area (Å²) in [5, 5.41) is 2.61. The first-order chi connectivity index (χ1) is 14.2. The minimum absolute atomic E-state index is 0.0299. The van der Waals surface area contributed by atoms with Gasteiger partial charge >= 0.3 is 0 Å². The van der Waals surface area contributed by atoms with Crippen molar-refractivity contribution in [1.29, 1.82) is 0 Å². The zero-order chi connectivity index (χ0) is 22.3. The monoisotopic (exact) mass is 414 g/mol. The first-order valence-corrected chi connectivity index (χ1v) is 10.1. The van der Waals surface area contributed by atoms with Crippen molar-refractivity contribution in [3.8, 4) is 5.75 Å². The second-order valence-electron chi connectivity index (χ2n) is 8.25. The van der Waals surface area contributed by atoms with Gasteiger partial charge in [-0.3, -0.25) is 9.59 Å². The number of benzene rings is 2. The van der Waals surface area contributed by atoms with Crippen molar-refractivity contribution in [3.05, 3.63) is 65.5 Å². The highest BCUT2D eigenvalue weighted by Gasteiger charge is 2.28. The van der Waals surface area contributed by atoms with Crippen molar-refractivity contribution in [1.82, 2.24) is 10.2 Å². The quantitative estimate of drug-likeness (QED) is 0.709. The Bertz CT molecular complexity index is 842. The first kappa shape index (κ1) is 23.4. The fourth-order valence-corrected chi connectivity index (χ4v) is 3.15. The lowest BCUT2D eigenvalue weighted by Gasteiger charge is -2.30. The molecule has 5 nitrogen and oxygen atoms in total. The maximum absolute atomic E-state index is 13.2. The molecule has 0 spiro atoms. The standard InChI is InChI=1S/C24H31FN2O3/c1-6-21(23(29)26-5)27(15-17-7-11-19(25)12-8-17)22(28)16-30-20-13-9-18(10-14-20)24(2,3)4/h7-14,21H,6,15-16H2,1-5H3,(H,26,29)/t21-/m1/s1. The van der Waals surface area contributed by atoms with E-state index < -0.39 is 6.04 Å². The van der Waals surface area contributed by atoms with Crippen molar-refractivity contribution >= 4 is 11.8 Å². The van der Waals surface area contributed by atoms with E-state index in [9.17, 15) is 14.0 Å². The van der Waals surface area contributed by atoms with Gasteiger partial charge in [0.1, 0.15) is 17.6 Å². The van der Waals surface area contributed by atoms with Crippen LogP contribution in [0.25, 0.3) is 0 Å². The number of hydrogen-bond acceptors (Lipinski definition) is 3. The van der Waals surface area contributed by atoms with Crippen LogP contribution in [0.4, 0.5) is 4.39 Å². The van der Waals surface area contributed by atoms with Gasteiger partial charge in [0.25, 0.3) is 5.91 Å². The van der Waals surface area contributed by atoms with Gasteiger partial charge < -0.3 is 15.0 Å². The van der Waals surface area contributed by atoms with Crippen LogP contribution >= 0.6 is 0 Å². The summed E-state index contributed by atoms with van der Waals surface area (Å²) in [7, 11) is 1.54. The third kappa shape index (κ3) is 6.31. The lowest BCUT2D eigenvalue weighted by Crippen LogP contribution is -2.49. The Morgan fingerprint density at radius 1 is 1.07 bits per heavy atom. The van der Waals surface area contributed by atoms with Crippen molar-refractivity contribution in [2.75, 3.05) is 13.7 Å². The molecule has 30 heavy (non-hydrogen) atoms. The molecule has 1 atom stereocenters. The average Bonchev–Trinajstić information content (AvgIpc) is 2.72. The molecule has 1 N–H and O–H groups in total. The van der Waals surface area contributed by atoms with Crippen molar-refractivity contribution in [3.63, 3.8) is 0 Å². The van der Waals surface area contributed by atoms with Gasteiger partial charge in [-0.15, -0.1) is 0 Å². The molecule has 2 aromatic rings. The van der Waals surface area contributed by atoms with E-state index in [-0.39, 0.29) is 36.2 Å². The Kier molecular flexibility index (Phi) is 7.98. The van der Waals surface area contributed by atoms with E-state index in [1.54, 1.807) is 19.2 Å². The lowest BCUT2D eigenvalue weighted by atomic mass is 9.87. The van der Waals surface area contributed by atoms with Gasteiger partial charge in [-0.1, -0.05) is 52.0 Å². The van der Waals surface area contributed by atoms with Crippen LogP contribution in [-0.4, -0.2) is 36.4 Å². The second-order valence-corrected chi connectivity index (χ2v) is 8.25. The van der Waals surface area contributed by atoms with Gasteiger partial charge in [-0.05, 0) is 47.2 Å². The van der Waals surface area contributed by atoms with Crippen LogP contribution in [0.1, 0.15) is 45.2 Å². The van der Waals surface area contributed by atoms with E-state index in [0.717, 1.165) is 5.56 Å². The molecular formula is C24H31FN2O3. The topological polar surface area (TPSA) is 58.6 Å². The third-order valence-corrected chi connectivity index (χ3v) is 4.98. The van der Waals surface area contributed by atoms with Gasteiger partial charge in [0.05, 0.1) is 0 Å². The van der Waals surface area contributed by atoms with Crippen molar-refractivity contribution in [2.24, 2.45) is 0 Å². The number of amides is 2. The molecule has 0 radical (unpaired) electrons. The number of nitrogens with zero attached hydrogens (tertiary/aromatic N) is 1. The van der Waals surface area contributed by atoms with Crippen LogP contribution in [0.3, 0.4) is 0 Å². The molecule has 0 aliphatic rings. The van der Waals surface area contributed by atoms with Gasteiger partial charge in [0.15, 0.2) is 6.61 Å². The normalized spacial score (nSPS) is 12.2. The molecule has 0 aliphatic carbocycles. The van der Waals surface area contributed by atoms with Crippen LogP contribution in [0, 0.1) is 5.82 Å². The Morgan fingerprint density at radius 2 is 1.67 bits per heavy atom. The fourth-order valence-electron chi connectivity index (χ4n) is 3.15. The predicted molar refractivity (Wildman–Crippen MR) is 116 cm³/mol. The number of carbonyl (C=O) groups excluding carboxylic acids is 2. The number of hydrogen-bond donors (Lipinski definition) is 1. The number of halogens is 1. The van der Waals surface area contributed by atoms with E-state index in [2.05, 4.69) is 26.1 Å². The number of rotatable bonds is 8. The molecule has 0 aromatic heterocycles. The summed E-state index contributed by atoms with van der Waals surface area (Å²) in [6.07, 6.45) is 0.451. The van der Waals surface area contributed by atoms with Crippen LogP contribution in [0.5, 0.6) is 5.75 Å². The van der Waals surface area contributed by atoms with Crippen LogP contribution in [0.15, 0.2) is 48.5 Å². The SMILES string of the molecule is CC[C@H](C(=O)NC)N(Cc1ccc(F)cc1)C(=O)COc1ccc(C(C)(C)C)cc1. The smallest absolute Gasteiger partial charge is 0.261 e. The first-order valence-electron chi connectivity index (χ1n) is 10.1. The summed E-state index contributed by atoms with van der Waals surface area (Å²) in [6.45, 7) is 8.23. The molecular weight excluding hydrogens is 383 g/mol. The van der Waals surface area contributed by atoms with E-state index in [1.165, 1.54) is 22.6 Å². The molecule has 0 unspecified atom stereocenters. The average molecular weight is 415 g/mol. The molecule has 0 fully saturated rings. The summed E-state index contributed by atoms with van der Waals surface area (Å²) in [5.74, 6) is -0.319. The van der Waals surface area contributed by atoms with E-state index in [1.807, 2.05) is 31.2 Å². The minimum atomic E-state index is -0.639. The molecule has 0 saturated carbocycles. The van der Waals surface area contributed by atoms with Gasteiger partial charge in [0, 0.05) is 13.6 Å².